The van der Waals surface area contributed by atoms with Crippen molar-refractivity contribution in [2.75, 3.05) is 13.2 Å². The van der Waals surface area contributed by atoms with Crippen molar-refractivity contribution in [1.82, 2.24) is 0 Å². The minimum atomic E-state index is -0.483. The molecule has 0 radical (unpaired) electrons. The molecular formula is C30H54O4. The van der Waals surface area contributed by atoms with Gasteiger partial charge in [-0.05, 0) is 25.7 Å². The van der Waals surface area contributed by atoms with Gasteiger partial charge in [0, 0.05) is 0 Å². The summed E-state index contributed by atoms with van der Waals surface area (Å²) >= 11 is 0. The molecule has 1 aliphatic carbocycles. The van der Waals surface area contributed by atoms with E-state index in [9.17, 15) is 9.59 Å². The molecule has 0 aromatic heterocycles. The van der Waals surface area contributed by atoms with Gasteiger partial charge in [0.05, 0.1) is 25.0 Å². The number of unbranched alkanes of at least 4 members (excludes halogenated alkanes) is 16. The van der Waals surface area contributed by atoms with Gasteiger partial charge in [0.2, 0.25) is 0 Å². The van der Waals surface area contributed by atoms with Crippen LogP contribution in [-0.2, 0) is 19.1 Å². The lowest BCUT2D eigenvalue weighted by molar-refractivity contribution is -0.159. The van der Waals surface area contributed by atoms with E-state index in [1.165, 1.54) is 89.9 Å². The van der Waals surface area contributed by atoms with Crippen molar-refractivity contribution in [2.24, 2.45) is 11.8 Å². The molecule has 0 saturated heterocycles. The van der Waals surface area contributed by atoms with Crippen LogP contribution in [0.1, 0.15) is 142 Å². The molecule has 0 aromatic rings. The lowest BCUT2D eigenvalue weighted by Gasteiger charge is -2.24. The molecule has 2 unspecified atom stereocenters. The van der Waals surface area contributed by atoms with Crippen LogP contribution in [0, 0.1) is 11.8 Å². The number of allylic oxidation sites excluding steroid dienone is 1. The van der Waals surface area contributed by atoms with E-state index in [-0.39, 0.29) is 17.9 Å². The number of hydrogen-bond donors (Lipinski definition) is 0. The van der Waals surface area contributed by atoms with Crippen LogP contribution in [0.15, 0.2) is 12.2 Å². The Morgan fingerprint density at radius 2 is 1.03 bits per heavy atom. The number of carbonyl (C=O) groups excluding carboxylic acids is 2. The van der Waals surface area contributed by atoms with Crippen LogP contribution in [0.2, 0.25) is 0 Å². The number of rotatable bonds is 22. The Hall–Kier alpha value is -1.32. The zero-order valence-corrected chi connectivity index (χ0v) is 22.5. The second kappa shape index (κ2) is 22.2. The standard InChI is InChI=1S/C30H54O4/c1-3-5-7-9-11-12-13-14-16-18-22-26-34-30(32)28-24-20-19-23-27(28)29(31)33-25-21-17-15-10-8-6-4-2/h19,23,27-28H,3-18,20-22,24-26H2,1-2H3. The van der Waals surface area contributed by atoms with E-state index >= 15 is 0 Å². The lowest BCUT2D eigenvalue weighted by Crippen LogP contribution is -2.33. The number of carbonyl (C=O) groups is 2. The van der Waals surface area contributed by atoms with E-state index in [2.05, 4.69) is 13.8 Å². The molecule has 0 amide bonds. The molecule has 4 nitrogen and oxygen atoms in total. The molecular weight excluding hydrogens is 424 g/mol. The molecule has 2 atom stereocenters. The fraction of sp³-hybridized carbons (Fsp3) is 0.867. The second-order valence-electron chi connectivity index (χ2n) is 10.1. The third kappa shape index (κ3) is 15.6. The van der Waals surface area contributed by atoms with Gasteiger partial charge in [0.1, 0.15) is 0 Å². The van der Waals surface area contributed by atoms with Crippen LogP contribution in [0.25, 0.3) is 0 Å². The summed E-state index contributed by atoms with van der Waals surface area (Å²) in [6.45, 7) is 5.41. The summed E-state index contributed by atoms with van der Waals surface area (Å²) in [4.78, 5) is 25.2. The van der Waals surface area contributed by atoms with Crippen LogP contribution < -0.4 is 0 Å². The van der Waals surface area contributed by atoms with E-state index in [0.29, 0.717) is 19.6 Å². The molecule has 0 fully saturated rings. The molecule has 0 aromatic carbocycles. The molecule has 1 rings (SSSR count). The van der Waals surface area contributed by atoms with Crippen molar-refractivity contribution in [3.8, 4) is 0 Å². The average molecular weight is 479 g/mol. The van der Waals surface area contributed by atoms with E-state index < -0.39 is 5.92 Å². The molecule has 0 N–H and O–H groups in total. The van der Waals surface area contributed by atoms with E-state index in [0.717, 1.165) is 32.1 Å². The third-order valence-electron chi connectivity index (χ3n) is 6.98. The van der Waals surface area contributed by atoms with Gasteiger partial charge in [-0.25, -0.2) is 0 Å². The molecule has 0 saturated carbocycles. The van der Waals surface area contributed by atoms with Crippen molar-refractivity contribution in [2.45, 2.75) is 142 Å². The van der Waals surface area contributed by atoms with Crippen molar-refractivity contribution < 1.29 is 19.1 Å². The largest absolute Gasteiger partial charge is 0.465 e. The van der Waals surface area contributed by atoms with Gasteiger partial charge < -0.3 is 9.47 Å². The summed E-state index contributed by atoms with van der Waals surface area (Å²) in [6.07, 6.45) is 27.7. The Kier molecular flexibility index (Phi) is 20.0. The summed E-state index contributed by atoms with van der Waals surface area (Å²) < 4.78 is 11.1. The van der Waals surface area contributed by atoms with Gasteiger partial charge in [0.25, 0.3) is 0 Å². The Morgan fingerprint density at radius 3 is 1.50 bits per heavy atom. The summed E-state index contributed by atoms with van der Waals surface area (Å²) in [6, 6.07) is 0. The van der Waals surface area contributed by atoms with Gasteiger partial charge in [0.15, 0.2) is 0 Å². The fourth-order valence-electron chi connectivity index (χ4n) is 4.71. The predicted octanol–water partition coefficient (Wildman–Crippen LogP) is 8.72. The maximum absolute atomic E-state index is 12.6. The van der Waals surface area contributed by atoms with Gasteiger partial charge >= 0.3 is 11.9 Å². The first kappa shape index (κ1) is 30.7. The Morgan fingerprint density at radius 1 is 0.618 bits per heavy atom. The number of hydrogen-bond acceptors (Lipinski definition) is 4. The Labute approximate surface area is 210 Å². The van der Waals surface area contributed by atoms with Gasteiger partial charge in [-0.1, -0.05) is 129 Å². The van der Waals surface area contributed by atoms with Crippen LogP contribution in [-0.4, -0.2) is 25.2 Å². The van der Waals surface area contributed by atoms with Crippen molar-refractivity contribution in [3.63, 3.8) is 0 Å². The molecule has 34 heavy (non-hydrogen) atoms. The maximum atomic E-state index is 12.6. The summed E-state index contributed by atoms with van der Waals surface area (Å²) in [5.74, 6) is -1.37. The highest BCUT2D eigenvalue weighted by Gasteiger charge is 2.35. The third-order valence-corrected chi connectivity index (χ3v) is 6.98. The molecule has 0 bridgehead atoms. The van der Waals surface area contributed by atoms with E-state index in [1.54, 1.807) is 0 Å². The first-order chi connectivity index (χ1) is 16.7. The summed E-state index contributed by atoms with van der Waals surface area (Å²) in [7, 11) is 0. The second-order valence-corrected chi connectivity index (χ2v) is 10.1. The van der Waals surface area contributed by atoms with Gasteiger partial charge in [-0.15, -0.1) is 0 Å². The first-order valence-electron chi connectivity index (χ1n) is 14.7. The molecule has 0 aliphatic heterocycles. The minimum Gasteiger partial charge on any atom is -0.465 e. The van der Waals surface area contributed by atoms with Crippen molar-refractivity contribution >= 4 is 11.9 Å². The molecule has 0 heterocycles. The van der Waals surface area contributed by atoms with Crippen LogP contribution >= 0.6 is 0 Å². The predicted molar refractivity (Wildman–Crippen MR) is 142 cm³/mol. The van der Waals surface area contributed by atoms with Gasteiger partial charge in [-0.3, -0.25) is 9.59 Å². The van der Waals surface area contributed by atoms with Crippen LogP contribution in [0.3, 0.4) is 0 Å². The fourth-order valence-corrected chi connectivity index (χ4v) is 4.71. The Bertz CT molecular complexity index is 528. The highest BCUT2D eigenvalue weighted by Crippen LogP contribution is 2.27. The molecule has 198 valence electrons. The molecule has 0 spiro atoms. The smallest absolute Gasteiger partial charge is 0.313 e. The summed E-state index contributed by atoms with van der Waals surface area (Å²) in [5.41, 5.74) is 0. The van der Waals surface area contributed by atoms with Crippen molar-refractivity contribution in [1.29, 1.82) is 0 Å². The Balaban J connectivity index is 2.11. The van der Waals surface area contributed by atoms with Crippen molar-refractivity contribution in [3.05, 3.63) is 12.2 Å². The minimum absolute atomic E-state index is 0.227. The number of ether oxygens (including phenoxy) is 2. The highest BCUT2D eigenvalue weighted by atomic mass is 16.5. The lowest BCUT2D eigenvalue weighted by atomic mass is 9.84. The number of esters is 2. The quantitative estimate of drug-likeness (QED) is 0.0886. The average Bonchev–Trinajstić information content (AvgIpc) is 2.86. The molecule has 4 heteroatoms. The summed E-state index contributed by atoms with van der Waals surface area (Å²) in [5, 5.41) is 0. The van der Waals surface area contributed by atoms with E-state index in [4.69, 9.17) is 9.47 Å². The van der Waals surface area contributed by atoms with Crippen LogP contribution in [0.4, 0.5) is 0 Å². The van der Waals surface area contributed by atoms with Crippen LogP contribution in [0.5, 0.6) is 0 Å². The topological polar surface area (TPSA) is 52.6 Å². The SMILES string of the molecule is CCCCCCCCCCCCCOC(=O)C1CCC=CC1C(=O)OCCCCCCCCC. The zero-order chi connectivity index (χ0) is 24.7. The zero-order valence-electron chi connectivity index (χ0n) is 22.5. The highest BCUT2D eigenvalue weighted by molar-refractivity contribution is 5.83. The molecule has 1 aliphatic rings. The first-order valence-corrected chi connectivity index (χ1v) is 14.7. The normalized spacial score (nSPS) is 17.6. The van der Waals surface area contributed by atoms with E-state index in [1.807, 2.05) is 12.2 Å². The maximum Gasteiger partial charge on any atom is 0.313 e. The van der Waals surface area contributed by atoms with Gasteiger partial charge in [-0.2, -0.15) is 0 Å². The monoisotopic (exact) mass is 478 g/mol.